The summed E-state index contributed by atoms with van der Waals surface area (Å²) in [5.74, 6) is 0.674. The van der Waals surface area contributed by atoms with Crippen LogP contribution in [0.4, 0.5) is 0 Å². The zero-order valence-corrected chi connectivity index (χ0v) is 18.3. The van der Waals surface area contributed by atoms with Gasteiger partial charge in [0.25, 0.3) is 0 Å². The van der Waals surface area contributed by atoms with Gasteiger partial charge in [-0.05, 0) is 56.7 Å². The number of benzene rings is 4. The zero-order valence-electron chi connectivity index (χ0n) is 18.3. The summed E-state index contributed by atoms with van der Waals surface area (Å²) in [5.41, 5.74) is 10.6. The van der Waals surface area contributed by atoms with Crippen molar-refractivity contribution in [2.75, 3.05) is 0 Å². The third-order valence-electron chi connectivity index (χ3n) is 7.45. The maximum Gasteiger partial charge on any atom is 0.0915 e. The van der Waals surface area contributed by atoms with Gasteiger partial charge in [-0.25, -0.2) is 0 Å². The molecule has 2 aliphatic carbocycles. The lowest BCUT2D eigenvalue weighted by Gasteiger charge is -2.17. The maximum absolute atomic E-state index is 7.01. The van der Waals surface area contributed by atoms with E-state index in [1.807, 2.05) is 0 Å². The Hall–Kier alpha value is -3.68. The largest absolute Gasteiger partial charge is 0.364 e. The fourth-order valence-corrected chi connectivity index (χ4v) is 6.14. The summed E-state index contributed by atoms with van der Waals surface area (Å²) >= 11 is 0. The molecule has 0 saturated carbocycles. The van der Waals surface area contributed by atoms with Crippen molar-refractivity contribution in [2.45, 2.75) is 24.0 Å². The highest BCUT2D eigenvalue weighted by atomic mass is 16.5. The molecule has 1 aliphatic heterocycles. The molecule has 1 heteroatoms. The molecule has 1 nitrogen and oxygen atoms in total. The van der Waals surface area contributed by atoms with Gasteiger partial charge in [0.2, 0.25) is 0 Å². The minimum Gasteiger partial charge on any atom is -0.364 e. The first kappa shape index (κ1) is 18.8. The minimum absolute atomic E-state index is 0.0742. The molecule has 0 spiro atoms. The monoisotopic (exact) mass is 424 g/mol. The third kappa shape index (κ3) is 2.90. The van der Waals surface area contributed by atoms with E-state index >= 15 is 0 Å². The Morgan fingerprint density at radius 2 is 0.848 bits per heavy atom. The highest BCUT2D eigenvalue weighted by Gasteiger charge is 2.56. The molecule has 4 aromatic carbocycles. The van der Waals surface area contributed by atoms with Crippen LogP contribution in [0.1, 0.15) is 45.2 Å². The van der Waals surface area contributed by atoms with E-state index in [2.05, 4.69) is 121 Å². The Bertz CT molecular complexity index is 1290. The molecule has 1 fully saturated rings. The summed E-state index contributed by atoms with van der Waals surface area (Å²) in [6.45, 7) is 0. The van der Waals surface area contributed by atoms with Gasteiger partial charge in [0.1, 0.15) is 0 Å². The lowest BCUT2D eigenvalue weighted by molar-refractivity contribution is 0.110. The van der Waals surface area contributed by atoms with E-state index in [4.69, 9.17) is 4.74 Å². The highest BCUT2D eigenvalue weighted by molar-refractivity contribution is 5.94. The van der Waals surface area contributed by atoms with Crippen LogP contribution >= 0.6 is 0 Å². The number of hydrogen-bond acceptors (Lipinski definition) is 1. The summed E-state index contributed by atoms with van der Waals surface area (Å²) in [5, 5.41) is 0. The molecule has 0 N–H and O–H groups in total. The van der Waals surface area contributed by atoms with Crippen molar-refractivity contribution in [1.29, 1.82) is 0 Å². The van der Waals surface area contributed by atoms with Crippen molar-refractivity contribution in [2.24, 2.45) is 0 Å². The van der Waals surface area contributed by atoms with E-state index in [9.17, 15) is 0 Å². The molecule has 7 rings (SSSR count). The van der Waals surface area contributed by atoms with Gasteiger partial charge in [0, 0.05) is 11.8 Å². The second kappa shape index (κ2) is 7.43. The molecule has 158 valence electrons. The third-order valence-corrected chi connectivity index (χ3v) is 7.45. The van der Waals surface area contributed by atoms with Gasteiger partial charge in [-0.3, -0.25) is 0 Å². The number of fused-ring (bicyclic) bond motifs is 7. The van der Waals surface area contributed by atoms with Crippen molar-refractivity contribution in [3.63, 3.8) is 0 Å². The predicted octanol–water partition coefficient (Wildman–Crippen LogP) is 7.43. The van der Waals surface area contributed by atoms with Crippen molar-refractivity contribution < 1.29 is 4.74 Å². The van der Waals surface area contributed by atoms with Crippen LogP contribution in [0.2, 0.25) is 0 Å². The van der Waals surface area contributed by atoms with Crippen molar-refractivity contribution in [1.82, 2.24) is 0 Å². The van der Waals surface area contributed by atoms with Gasteiger partial charge in [-0.2, -0.15) is 0 Å². The average Bonchev–Trinajstić information content (AvgIpc) is 3.49. The summed E-state index contributed by atoms with van der Waals surface area (Å²) in [6.07, 6.45) is 4.81. The molecule has 0 bridgehead atoms. The van der Waals surface area contributed by atoms with Crippen LogP contribution in [0.5, 0.6) is 0 Å². The first-order valence-electron chi connectivity index (χ1n) is 11.8. The van der Waals surface area contributed by atoms with Crippen LogP contribution in [0, 0.1) is 0 Å². The van der Waals surface area contributed by atoms with Gasteiger partial charge in [-0.15, -0.1) is 0 Å². The molecular formula is C32H24O. The van der Waals surface area contributed by atoms with Crippen LogP contribution in [0.15, 0.2) is 109 Å². The molecule has 0 aromatic heterocycles. The van der Waals surface area contributed by atoms with Gasteiger partial charge in [0.15, 0.2) is 0 Å². The summed E-state index contributed by atoms with van der Waals surface area (Å²) in [4.78, 5) is 0. The zero-order chi connectivity index (χ0) is 21.8. The van der Waals surface area contributed by atoms with Crippen molar-refractivity contribution in [3.8, 4) is 0 Å². The molecule has 0 radical (unpaired) electrons. The molecule has 33 heavy (non-hydrogen) atoms. The fourth-order valence-electron chi connectivity index (χ4n) is 6.14. The van der Waals surface area contributed by atoms with Gasteiger partial charge in [0.05, 0.1) is 12.2 Å². The van der Waals surface area contributed by atoms with E-state index in [0.717, 1.165) is 0 Å². The highest BCUT2D eigenvalue weighted by Crippen LogP contribution is 2.62. The minimum atomic E-state index is 0.0742. The quantitative estimate of drug-likeness (QED) is 0.325. The van der Waals surface area contributed by atoms with Crippen LogP contribution in [0.25, 0.3) is 23.3 Å². The number of rotatable bonds is 2. The van der Waals surface area contributed by atoms with Crippen LogP contribution in [-0.4, -0.2) is 12.2 Å². The SMILES string of the molecule is C(=C1c2ccccc2[C@@H]2[C@@H]3c4ccccc4C(=Cc4ccccc4)[C@@H]3O[C@H]12)c1ccccc1. The molecule has 0 amide bonds. The van der Waals surface area contributed by atoms with Crippen molar-refractivity contribution >= 4 is 23.3 Å². The summed E-state index contributed by atoms with van der Waals surface area (Å²) in [6, 6.07) is 39.1. The standard InChI is InChI=1S/C32H24O/c1-3-11-21(12-4-1)19-27-23-15-7-9-17-25(23)29-30-26-18-10-8-16-24(26)28(32(30)33-31(27)29)20-22-13-5-2-6-14-22/h1-20,29-32H/t29-,30+,31-,32+. The van der Waals surface area contributed by atoms with Crippen LogP contribution in [-0.2, 0) is 4.74 Å². The molecule has 4 atom stereocenters. The Labute approximate surface area is 194 Å². The van der Waals surface area contributed by atoms with Crippen LogP contribution in [0.3, 0.4) is 0 Å². The normalized spacial score (nSPS) is 26.8. The second-order valence-corrected chi connectivity index (χ2v) is 9.22. The lowest BCUT2D eigenvalue weighted by atomic mass is 9.83. The Morgan fingerprint density at radius 3 is 1.30 bits per heavy atom. The Kier molecular flexibility index (Phi) is 4.25. The molecule has 3 aliphatic rings. The Morgan fingerprint density at radius 1 is 0.455 bits per heavy atom. The summed E-state index contributed by atoms with van der Waals surface area (Å²) in [7, 11) is 0. The van der Waals surface area contributed by atoms with E-state index in [1.54, 1.807) is 0 Å². The molecule has 4 aromatic rings. The molecule has 1 heterocycles. The maximum atomic E-state index is 7.01. The lowest BCUT2D eigenvalue weighted by Crippen LogP contribution is -2.12. The molecule has 0 unspecified atom stereocenters. The average molecular weight is 425 g/mol. The second-order valence-electron chi connectivity index (χ2n) is 9.22. The van der Waals surface area contributed by atoms with E-state index in [0.29, 0.717) is 11.8 Å². The number of ether oxygens (including phenoxy) is 1. The first-order valence-corrected chi connectivity index (χ1v) is 11.8. The van der Waals surface area contributed by atoms with Crippen molar-refractivity contribution in [3.05, 3.63) is 143 Å². The smallest absolute Gasteiger partial charge is 0.0915 e. The number of hydrogen-bond donors (Lipinski definition) is 0. The van der Waals surface area contributed by atoms with Gasteiger partial charge >= 0.3 is 0 Å². The van der Waals surface area contributed by atoms with E-state index in [1.165, 1.54) is 44.5 Å². The molecular weight excluding hydrogens is 400 g/mol. The van der Waals surface area contributed by atoms with Crippen LogP contribution < -0.4 is 0 Å². The van der Waals surface area contributed by atoms with E-state index < -0.39 is 0 Å². The predicted molar refractivity (Wildman–Crippen MR) is 136 cm³/mol. The first-order chi connectivity index (χ1) is 16.4. The van der Waals surface area contributed by atoms with Gasteiger partial charge in [-0.1, -0.05) is 109 Å². The fraction of sp³-hybridized carbons (Fsp3) is 0.125. The molecule has 1 saturated heterocycles. The topological polar surface area (TPSA) is 9.23 Å². The Balaban J connectivity index is 1.40. The van der Waals surface area contributed by atoms with Gasteiger partial charge < -0.3 is 4.74 Å². The summed E-state index contributed by atoms with van der Waals surface area (Å²) < 4.78 is 7.01. The van der Waals surface area contributed by atoms with E-state index in [-0.39, 0.29) is 12.2 Å².